The van der Waals surface area contributed by atoms with Crippen molar-refractivity contribution >= 4 is 35.0 Å². The molecule has 0 aliphatic heterocycles. The summed E-state index contributed by atoms with van der Waals surface area (Å²) >= 11 is 2.83. The normalized spacial score (nSPS) is 11.6. The van der Waals surface area contributed by atoms with Gasteiger partial charge < -0.3 is 9.30 Å². The Morgan fingerprint density at radius 1 is 1.29 bits per heavy atom. The second-order valence-electron chi connectivity index (χ2n) is 5.11. The predicted octanol–water partition coefficient (Wildman–Crippen LogP) is 2.96. The molecule has 1 heterocycles. The lowest BCUT2D eigenvalue weighted by Crippen LogP contribution is -2.15. The third-order valence-electron chi connectivity index (χ3n) is 3.51. The molecule has 7 heteroatoms. The molecule has 24 heavy (non-hydrogen) atoms. The first-order chi connectivity index (χ1) is 11.5. The average Bonchev–Trinajstić information content (AvgIpc) is 2.84. The summed E-state index contributed by atoms with van der Waals surface area (Å²) in [6.45, 7) is 3.89. The maximum atomic E-state index is 12.2. The van der Waals surface area contributed by atoms with Gasteiger partial charge in [-0.05, 0) is 37.8 Å². The van der Waals surface area contributed by atoms with Gasteiger partial charge in [0.25, 0.3) is 5.91 Å². The number of carbonyl (C=O) groups excluding carboxylic acids is 2. The Kier molecular flexibility index (Phi) is 6.39. The molecule has 1 amide bonds. The van der Waals surface area contributed by atoms with Crippen LogP contribution in [0.4, 0.5) is 0 Å². The van der Waals surface area contributed by atoms with Gasteiger partial charge in [0.1, 0.15) is 4.88 Å². The van der Waals surface area contributed by atoms with Gasteiger partial charge in [0, 0.05) is 17.6 Å². The molecule has 1 aromatic heterocycles. The first-order valence-corrected chi connectivity index (χ1v) is 9.54. The van der Waals surface area contributed by atoms with Crippen LogP contribution < -0.4 is 4.80 Å². The summed E-state index contributed by atoms with van der Waals surface area (Å²) in [5.74, 6) is -0.615. The van der Waals surface area contributed by atoms with Gasteiger partial charge in [0.2, 0.25) is 0 Å². The second-order valence-corrected chi connectivity index (χ2v) is 6.97. The number of esters is 1. The van der Waals surface area contributed by atoms with Gasteiger partial charge in [0.05, 0.1) is 13.0 Å². The Hall–Kier alpha value is -1.86. The fraction of sp³-hybridized carbons (Fsp3) is 0.353. The number of nitrogens with zero attached hydrogens (tertiary/aromatic N) is 2. The van der Waals surface area contributed by atoms with Gasteiger partial charge in [-0.2, -0.15) is 4.99 Å². The van der Waals surface area contributed by atoms with E-state index < -0.39 is 0 Å². The number of hydrogen-bond acceptors (Lipinski definition) is 5. The number of ether oxygens (including phenoxy) is 1. The van der Waals surface area contributed by atoms with Gasteiger partial charge in [0.15, 0.2) is 4.80 Å². The van der Waals surface area contributed by atoms with Crippen LogP contribution in [0.3, 0.4) is 0 Å². The molecule has 0 unspecified atom stereocenters. The first kappa shape index (κ1) is 18.5. The number of aromatic nitrogens is 1. The number of benzene rings is 1. The monoisotopic (exact) mass is 364 g/mol. The summed E-state index contributed by atoms with van der Waals surface area (Å²) in [7, 11) is 1.79. The van der Waals surface area contributed by atoms with Crippen LogP contribution >= 0.6 is 23.1 Å². The first-order valence-electron chi connectivity index (χ1n) is 7.50. The summed E-state index contributed by atoms with van der Waals surface area (Å²) in [6, 6.07) is 7.84. The zero-order valence-electron chi connectivity index (χ0n) is 14.2. The smallest absolute Gasteiger partial charge is 0.350 e. The Morgan fingerprint density at radius 2 is 1.96 bits per heavy atom. The van der Waals surface area contributed by atoms with Crippen LogP contribution in [0.5, 0.6) is 0 Å². The molecule has 2 rings (SSSR count). The van der Waals surface area contributed by atoms with Crippen LogP contribution in [0.25, 0.3) is 0 Å². The molecule has 0 bridgehead atoms. The van der Waals surface area contributed by atoms with Crippen molar-refractivity contribution in [2.24, 2.45) is 12.0 Å². The van der Waals surface area contributed by atoms with Crippen molar-refractivity contribution in [3.8, 4) is 0 Å². The number of rotatable bonds is 5. The molecule has 2 aromatic rings. The summed E-state index contributed by atoms with van der Waals surface area (Å²) in [5, 5.41) is 0. The van der Waals surface area contributed by atoms with Gasteiger partial charge in [-0.15, -0.1) is 11.8 Å². The molecule has 0 saturated carbocycles. The minimum Gasteiger partial charge on any atom is -0.462 e. The van der Waals surface area contributed by atoms with Gasteiger partial charge >= 0.3 is 5.97 Å². The van der Waals surface area contributed by atoms with E-state index in [2.05, 4.69) is 4.99 Å². The molecule has 5 nitrogen and oxygen atoms in total. The summed E-state index contributed by atoms with van der Waals surface area (Å²) in [4.78, 5) is 30.4. The third-order valence-corrected chi connectivity index (χ3v) is 5.47. The zero-order valence-corrected chi connectivity index (χ0v) is 15.8. The maximum absolute atomic E-state index is 12.2. The molecular formula is C17H20N2O3S2. The number of carbonyl (C=O) groups is 2. The van der Waals surface area contributed by atoms with Crippen molar-refractivity contribution in [1.29, 1.82) is 0 Å². The largest absolute Gasteiger partial charge is 0.462 e. The van der Waals surface area contributed by atoms with Gasteiger partial charge in [-0.25, -0.2) is 4.79 Å². The Labute approximate surface area is 149 Å². The van der Waals surface area contributed by atoms with E-state index in [0.717, 1.165) is 16.2 Å². The highest BCUT2D eigenvalue weighted by atomic mass is 32.2. The molecular weight excluding hydrogens is 344 g/mol. The quantitative estimate of drug-likeness (QED) is 0.604. The van der Waals surface area contributed by atoms with E-state index in [0.29, 0.717) is 16.3 Å². The highest BCUT2D eigenvalue weighted by Crippen LogP contribution is 2.15. The molecule has 0 aliphatic carbocycles. The van der Waals surface area contributed by atoms with Crippen molar-refractivity contribution in [3.63, 3.8) is 0 Å². The SMILES string of the molecule is CCOC(=O)c1sc(=NC(=O)Cc2ccc(SC)cc2)n(C)c1C. The van der Waals surface area contributed by atoms with Crippen molar-refractivity contribution in [3.05, 3.63) is 45.2 Å². The number of hydrogen-bond donors (Lipinski definition) is 0. The van der Waals surface area contributed by atoms with E-state index in [1.807, 2.05) is 37.4 Å². The van der Waals surface area contributed by atoms with Crippen LogP contribution in [-0.2, 0) is 23.0 Å². The van der Waals surface area contributed by atoms with E-state index in [4.69, 9.17) is 4.74 Å². The van der Waals surface area contributed by atoms with Crippen molar-refractivity contribution < 1.29 is 14.3 Å². The van der Waals surface area contributed by atoms with Crippen molar-refractivity contribution in [2.45, 2.75) is 25.2 Å². The lowest BCUT2D eigenvalue weighted by Gasteiger charge is -2.00. The molecule has 0 radical (unpaired) electrons. The molecule has 0 saturated heterocycles. The molecule has 0 aliphatic rings. The third kappa shape index (κ3) is 4.36. The van der Waals surface area contributed by atoms with Crippen molar-refractivity contribution in [2.75, 3.05) is 12.9 Å². The second kappa shape index (κ2) is 8.30. The predicted molar refractivity (Wildman–Crippen MR) is 96.5 cm³/mol. The van der Waals surface area contributed by atoms with Gasteiger partial charge in [-0.1, -0.05) is 23.5 Å². The minimum atomic E-state index is -0.378. The minimum absolute atomic E-state index is 0.236. The number of amides is 1. The number of thiazole rings is 1. The summed E-state index contributed by atoms with van der Waals surface area (Å²) in [5.41, 5.74) is 1.66. The Morgan fingerprint density at radius 3 is 2.54 bits per heavy atom. The van der Waals surface area contributed by atoms with E-state index in [9.17, 15) is 9.59 Å². The molecule has 0 spiro atoms. The van der Waals surface area contributed by atoms with Crippen LogP contribution in [0, 0.1) is 6.92 Å². The van der Waals surface area contributed by atoms with E-state index in [-0.39, 0.29) is 18.3 Å². The molecule has 0 N–H and O–H groups in total. The molecule has 128 valence electrons. The average molecular weight is 364 g/mol. The Balaban J connectivity index is 2.22. The van der Waals surface area contributed by atoms with Crippen LogP contribution in [0.2, 0.25) is 0 Å². The Bertz CT molecular complexity index is 804. The standard InChI is InChI=1S/C17H20N2O3S2/c1-5-22-16(21)15-11(2)19(3)17(24-15)18-14(20)10-12-6-8-13(23-4)9-7-12/h6-9H,5,10H2,1-4H3. The highest BCUT2D eigenvalue weighted by molar-refractivity contribution is 7.98. The lowest BCUT2D eigenvalue weighted by atomic mass is 10.1. The zero-order chi connectivity index (χ0) is 17.7. The molecule has 0 fully saturated rings. The lowest BCUT2D eigenvalue weighted by molar-refractivity contribution is -0.117. The maximum Gasteiger partial charge on any atom is 0.350 e. The molecule has 1 aromatic carbocycles. The van der Waals surface area contributed by atoms with Crippen LogP contribution in [0.1, 0.15) is 27.9 Å². The topological polar surface area (TPSA) is 60.7 Å². The fourth-order valence-electron chi connectivity index (χ4n) is 2.08. The van der Waals surface area contributed by atoms with Crippen LogP contribution in [0.15, 0.2) is 34.2 Å². The molecule has 0 atom stereocenters. The van der Waals surface area contributed by atoms with E-state index in [1.54, 1.807) is 30.3 Å². The highest BCUT2D eigenvalue weighted by Gasteiger charge is 2.16. The van der Waals surface area contributed by atoms with Crippen LogP contribution in [-0.4, -0.2) is 29.3 Å². The number of thioether (sulfide) groups is 1. The van der Waals surface area contributed by atoms with E-state index in [1.165, 1.54) is 11.3 Å². The fourth-order valence-corrected chi connectivity index (χ4v) is 3.52. The summed E-state index contributed by atoms with van der Waals surface area (Å²) < 4.78 is 6.77. The summed E-state index contributed by atoms with van der Waals surface area (Å²) in [6.07, 6.45) is 2.25. The van der Waals surface area contributed by atoms with Gasteiger partial charge in [-0.3, -0.25) is 4.79 Å². The van der Waals surface area contributed by atoms with Crippen molar-refractivity contribution in [1.82, 2.24) is 4.57 Å². The van der Waals surface area contributed by atoms with E-state index >= 15 is 0 Å².